The fourth-order valence-corrected chi connectivity index (χ4v) is 1.87. The van der Waals surface area contributed by atoms with Gasteiger partial charge in [-0.15, -0.1) is 0 Å². The Bertz CT molecular complexity index is 320. The first-order valence-corrected chi connectivity index (χ1v) is 6.42. The Kier molecular flexibility index (Phi) is 5.65. The van der Waals surface area contributed by atoms with Gasteiger partial charge in [0.2, 0.25) is 0 Å². The number of imidazole rings is 1. The topological polar surface area (TPSA) is 39.1 Å². The van der Waals surface area contributed by atoms with Gasteiger partial charge in [-0.05, 0) is 27.2 Å². The molecule has 0 aromatic carbocycles. The second-order valence-electron chi connectivity index (χ2n) is 4.87. The van der Waals surface area contributed by atoms with Crippen LogP contribution in [0.5, 0.6) is 0 Å². The molecule has 0 aliphatic heterocycles. The molecule has 0 bridgehead atoms. The molecule has 0 aliphatic carbocycles. The highest BCUT2D eigenvalue weighted by molar-refractivity contribution is 4.98. The van der Waals surface area contributed by atoms with Gasteiger partial charge in [0.25, 0.3) is 0 Å². The number of nitrogens with zero attached hydrogens (tertiary/aromatic N) is 2. The fourth-order valence-electron chi connectivity index (χ4n) is 1.87. The van der Waals surface area contributed by atoms with Gasteiger partial charge in [0.05, 0.1) is 17.6 Å². The average Bonchev–Trinajstić information content (AvgIpc) is 2.66. The predicted molar refractivity (Wildman–Crippen MR) is 69.9 cm³/mol. The maximum absolute atomic E-state index is 5.64. The summed E-state index contributed by atoms with van der Waals surface area (Å²) < 4.78 is 7.84. The summed E-state index contributed by atoms with van der Waals surface area (Å²) in [4.78, 5) is 4.18. The van der Waals surface area contributed by atoms with Crippen molar-refractivity contribution in [3.05, 3.63) is 18.2 Å². The van der Waals surface area contributed by atoms with E-state index in [1.165, 1.54) is 5.69 Å². The van der Waals surface area contributed by atoms with Crippen molar-refractivity contribution in [2.45, 2.75) is 52.8 Å². The molecule has 0 spiro atoms. The smallest absolute Gasteiger partial charge is 0.0948 e. The van der Waals surface area contributed by atoms with Crippen molar-refractivity contribution >= 4 is 0 Å². The number of hydrogen-bond donors (Lipinski definition) is 1. The van der Waals surface area contributed by atoms with Crippen LogP contribution < -0.4 is 5.32 Å². The van der Waals surface area contributed by atoms with Gasteiger partial charge < -0.3 is 14.6 Å². The van der Waals surface area contributed by atoms with Crippen molar-refractivity contribution in [3.63, 3.8) is 0 Å². The summed E-state index contributed by atoms with van der Waals surface area (Å²) in [6.07, 6.45) is 4.96. The summed E-state index contributed by atoms with van der Waals surface area (Å²) in [5, 5.41) is 3.43. The maximum atomic E-state index is 5.64. The highest BCUT2D eigenvalue weighted by atomic mass is 16.5. The molecule has 0 fully saturated rings. The average molecular weight is 239 g/mol. The highest BCUT2D eigenvalue weighted by Gasteiger charge is 2.16. The molecule has 98 valence electrons. The first-order valence-electron chi connectivity index (χ1n) is 6.42. The zero-order chi connectivity index (χ0) is 12.7. The van der Waals surface area contributed by atoms with Crippen LogP contribution in [0.3, 0.4) is 0 Å². The molecule has 1 rings (SSSR count). The van der Waals surface area contributed by atoms with Crippen LogP contribution in [0.1, 0.15) is 39.8 Å². The molecule has 4 nitrogen and oxygen atoms in total. The lowest BCUT2D eigenvalue weighted by molar-refractivity contribution is -0.00906. The van der Waals surface area contributed by atoms with Crippen LogP contribution in [0.2, 0.25) is 0 Å². The minimum absolute atomic E-state index is 0.107. The molecule has 0 atom stereocenters. The van der Waals surface area contributed by atoms with E-state index in [1.807, 2.05) is 19.4 Å². The Morgan fingerprint density at radius 2 is 2.18 bits per heavy atom. The Balaban J connectivity index is 2.37. The third kappa shape index (κ3) is 4.88. The monoisotopic (exact) mass is 239 g/mol. The number of rotatable bonds is 8. The number of hydrogen-bond acceptors (Lipinski definition) is 3. The second-order valence-corrected chi connectivity index (χ2v) is 4.87. The number of aryl methyl sites for hydroxylation is 1. The van der Waals surface area contributed by atoms with Gasteiger partial charge in [0.15, 0.2) is 0 Å². The molecule has 0 saturated heterocycles. The molecule has 0 radical (unpaired) electrons. The Hall–Kier alpha value is -0.870. The van der Waals surface area contributed by atoms with E-state index in [1.54, 1.807) is 0 Å². The lowest BCUT2D eigenvalue weighted by Gasteiger charge is -2.25. The van der Waals surface area contributed by atoms with Crippen LogP contribution in [-0.4, -0.2) is 28.3 Å². The molecular formula is C13H25N3O. The number of aromatic nitrogens is 2. The molecule has 0 amide bonds. The van der Waals surface area contributed by atoms with E-state index in [0.29, 0.717) is 0 Å². The Morgan fingerprint density at radius 1 is 1.41 bits per heavy atom. The standard InChI is InChI=1S/C13H25N3O/c1-5-7-16-11-15-9-12(16)8-14-10-13(3,4)17-6-2/h9,11,14H,5-8,10H2,1-4H3. The van der Waals surface area contributed by atoms with Crippen molar-refractivity contribution < 1.29 is 4.74 Å². The van der Waals surface area contributed by atoms with Crippen LogP contribution in [0.25, 0.3) is 0 Å². The minimum atomic E-state index is -0.107. The predicted octanol–water partition coefficient (Wildman–Crippen LogP) is 2.20. The van der Waals surface area contributed by atoms with Crippen LogP contribution >= 0.6 is 0 Å². The summed E-state index contributed by atoms with van der Waals surface area (Å²) in [6.45, 7) is 11.9. The normalized spacial score (nSPS) is 12.0. The van der Waals surface area contributed by atoms with Gasteiger partial charge in [-0.1, -0.05) is 6.92 Å². The number of ether oxygens (including phenoxy) is 1. The van der Waals surface area contributed by atoms with Gasteiger partial charge in [0, 0.05) is 32.4 Å². The summed E-state index contributed by atoms with van der Waals surface area (Å²) in [5.41, 5.74) is 1.13. The summed E-state index contributed by atoms with van der Waals surface area (Å²) >= 11 is 0. The molecule has 1 aromatic rings. The Labute approximate surface area is 104 Å². The van der Waals surface area contributed by atoms with Crippen LogP contribution in [0.4, 0.5) is 0 Å². The Morgan fingerprint density at radius 3 is 2.82 bits per heavy atom. The molecule has 4 heteroatoms. The number of nitrogens with one attached hydrogen (secondary N) is 1. The van der Waals surface area contributed by atoms with E-state index in [0.717, 1.165) is 32.7 Å². The fraction of sp³-hybridized carbons (Fsp3) is 0.769. The van der Waals surface area contributed by atoms with Crippen molar-refractivity contribution in [1.29, 1.82) is 0 Å². The second kappa shape index (κ2) is 6.77. The SMILES string of the molecule is CCCn1cncc1CNCC(C)(C)OCC. The minimum Gasteiger partial charge on any atom is -0.375 e. The van der Waals surface area contributed by atoms with Crippen molar-refractivity contribution in [3.8, 4) is 0 Å². The first-order chi connectivity index (χ1) is 8.09. The van der Waals surface area contributed by atoms with E-state index >= 15 is 0 Å². The van der Waals surface area contributed by atoms with Gasteiger partial charge in [-0.25, -0.2) is 4.98 Å². The van der Waals surface area contributed by atoms with Crippen LogP contribution in [-0.2, 0) is 17.8 Å². The zero-order valence-electron chi connectivity index (χ0n) is 11.5. The van der Waals surface area contributed by atoms with Crippen molar-refractivity contribution in [2.24, 2.45) is 0 Å². The molecule has 0 unspecified atom stereocenters. The van der Waals surface area contributed by atoms with E-state index in [-0.39, 0.29) is 5.60 Å². The lowest BCUT2D eigenvalue weighted by Crippen LogP contribution is -2.37. The first kappa shape index (κ1) is 14.2. The van der Waals surface area contributed by atoms with Crippen molar-refractivity contribution in [1.82, 2.24) is 14.9 Å². The van der Waals surface area contributed by atoms with Gasteiger partial charge in [-0.2, -0.15) is 0 Å². The van der Waals surface area contributed by atoms with Gasteiger partial charge in [0.1, 0.15) is 0 Å². The summed E-state index contributed by atoms with van der Waals surface area (Å²) in [6, 6.07) is 0. The summed E-state index contributed by atoms with van der Waals surface area (Å²) in [7, 11) is 0. The molecule has 0 saturated carbocycles. The largest absolute Gasteiger partial charge is 0.375 e. The molecule has 17 heavy (non-hydrogen) atoms. The third-order valence-electron chi connectivity index (χ3n) is 2.65. The van der Waals surface area contributed by atoms with E-state index in [9.17, 15) is 0 Å². The molecule has 1 heterocycles. The van der Waals surface area contributed by atoms with Gasteiger partial charge >= 0.3 is 0 Å². The van der Waals surface area contributed by atoms with Gasteiger partial charge in [-0.3, -0.25) is 0 Å². The van der Waals surface area contributed by atoms with Crippen LogP contribution in [0.15, 0.2) is 12.5 Å². The van der Waals surface area contributed by atoms with E-state index < -0.39 is 0 Å². The quantitative estimate of drug-likeness (QED) is 0.756. The van der Waals surface area contributed by atoms with E-state index in [4.69, 9.17) is 4.74 Å². The lowest BCUT2D eigenvalue weighted by atomic mass is 10.1. The summed E-state index contributed by atoms with van der Waals surface area (Å²) in [5.74, 6) is 0. The molecule has 1 N–H and O–H groups in total. The van der Waals surface area contributed by atoms with Crippen molar-refractivity contribution in [2.75, 3.05) is 13.2 Å². The zero-order valence-corrected chi connectivity index (χ0v) is 11.5. The third-order valence-corrected chi connectivity index (χ3v) is 2.65. The molecule has 1 aromatic heterocycles. The molecule has 0 aliphatic rings. The van der Waals surface area contributed by atoms with E-state index in [2.05, 4.69) is 35.6 Å². The maximum Gasteiger partial charge on any atom is 0.0948 e. The van der Waals surface area contributed by atoms with Crippen LogP contribution in [0, 0.1) is 0 Å². The highest BCUT2D eigenvalue weighted by Crippen LogP contribution is 2.07. The molecular weight excluding hydrogens is 214 g/mol.